The second-order valence-electron chi connectivity index (χ2n) is 7.95. The van der Waals surface area contributed by atoms with Crippen molar-refractivity contribution >= 4 is 34.1 Å². The zero-order chi connectivity index (χ0) is 20.7. The minimum absolute atomic E-state index is 0.125. The predicted molar refractivity (Wildman–Crippen MR) is 112 cm³/mol. The third kappa shape index (κ3) is 1.94. The summed E-state index contributed by atoms with van der Waals surface area (Å²) < 4.78 is 1.48. The number of aromatic nitrogens is 2. The van der Waals surface area contributed by atoms with Gasteiger partial charge in [0, 0.05) is 18.5 Å². The maximum atomic E-state index is 13.5. The van der Waals surface area contributed by atoms with E-state index in [1.807, 2.05) is 36.4 Å². The molecule has 0 saturated carbocycles. The third-order valence-corrected chi connectivity index (χ3v) is 6.36. The molecule has 0 unspecified atom stereocenters. The molecule has 0 spiro atoms. The van der Waals surface area contributed by atoms with Gasteiger partial charge in [0.15, 0.2) is 5.82 Å². The Kier molecular flexibility index (Phi) is 3.23. The molecule has 3 aliphatic heterocycles. The van der Waals surface area contributed by atoms with Gasteiger partial charge in [-0.15, -0.1) is 0 Å². The molecule has 0 bridgehead atoms. The van der Waals surface area contributed by atoms with E-state index in [0.29, 0.717) is 22.4 Å². The van der Waals surface area contributed by atoms with Gasteiger partial charge >= 0.3 is 0 Å². The quantitative estimate of drug-likeness (QED) is 0.583. The first-order valence-corrected chi connectivity index (χ1v) is 9.94. The Labute approximate surface area is 171 Å². The molecule has 7 heteroatoms. The highest BCUT2D eigenvalue weighted by Crippen LogP contribution is 2.51. The van der Waals surface area contributed by atoms with Crippen molar-refractivity contribution in [3.8, 4) is 0 Å². The first kappa shape index (κ1) is 17.1. The monoisotopic (exact) mass is 398 g/mol. The Morgan fingerprint density at radius 1 is 1.03 bits per heavy atom. The second-order valence-corrected chi connectivity index (χ2v) is 7.95. The van der Waals surface area contributed by atoms with E-state index in [9.17, 15) is 14.4 Å². The fourth-order valence-electron chi connectivity index (χ4n) is 5.08. The van der Waals surface area contributed by atoms with Gasteiger partial charge in [-0.25, -0.2) is 4.98 Å². The third-order valence-electron chi connectivity index (χ3n) is 6.36. The smallest absolute Gasteiger partial charge is 0.262 e. The summed E-state index contributed by atoms with van der Waals surface area (Å²) in [5.41, 5.74) is 2.78. The number of hydrogen-bond acceptors (Lipinski definition) is 4. The molecular formula is C23H18N4O3. The molecule has 0 radical (unpaired) electrons. The SMILES string of the molecule is CC(=O)N1c2ccccc2[C@@H]2C=C3c4nc5ccccc5c(=O)n4[C@H](C)C(=O)N3[C@@H]21. The normalized spacial score (nSPS) is 23.7. The predicted octanol–water partition coefficient (Wildman–Crippen LogP) is 2.63. The summed E-state index contributed by atoms with van der Waals surface area (Å²) >= 11 is 0. The first-order chi connectivity index (χ1) is 14.5. The van der Waals surface area contributed by atoms with Gasteiger partial charge in [-0.1, -0.05) is 30.3 Å². The molecule has 0 aliphatic carbocycles. The fraction of sp³-hybridized carbons (Fsp3) is 0.217. The number of carbonyl (C=O) groups excluding carboxylic acids is 2. The van der Waals surface area contributed by atoms with Gasteiger partial charge in [-0.2, -0.15) is 0 Å². The molecule has 2 aromatic carbocycles. The Balaban J connectivity index is 1.64. The topological polar surface area (TPSA) is 75.5 Å². The summed E-state index contributed by atoms with van der Waals surface area (Å²) in [6.45, 7) is 3.23. The molecule has 0 fully saturated rings. The van der Waals surface area contributed by atoms with Gasteiger partial charge in [0.1, 0.15) is 12.2 Å². The van der Waals surface area contributed by atoms with Crippen molar-refractivity contribution in [1.29, 1.82) is 0 Å². The van der Waals surface area contributed by atoms with E-state index in [0.717, 1.165) is 11.3 Å². The van der Waals surface area contributed by atoms with Gasteiger partial charge in [-0.3, -0.25) is 28.8 Å². The summed E-state index contributed by atoms with van der Waals surface area (Å²) in [5, 5.41) is 0.490. The number of hydrogen-bond donors (Lipinski definition) is 0. The molecule has 7 nitrogen and oxygen atoms in total. The molecule has 30 heavy (non-hydrogen) atoms. The van der Waals surface area contributed by atoms with Crippen LogP contribution in [0.1, 0.15) is 37.2 Å². The van der Waals surface area contributed by atoms with Gasteiger partial charge in [0.05, 0.1) is 16.6 Å². The lowest BCUT2D eigenvalue weighted by atomic mass is 10.0. The number of benzene rings is 2. The van der Waals surface area contributed by atoms with Crippen LogP contribution in [0.4, 0.5) is 5.69 Å². The van der Waals surface area contributed by atoms with Crippen LogP contribution in [0.5, 0.6) is 0 Å². The summed E-state index contributed by atoms with van der Waals surface area (Å²) in [4.78, 5) is 47.4. The minimum Gasteiger partial charge on any atom is -0.290 e. The highest BCUT2D eigenvalue weighted by Gasteiger charge is 2.53. The fourth-order valence-corrected chi connectivity index (χ4v) is 5.08. The van der Waals surface area contributed by atoms with Gasteiger partial charge in [-0.05, 0) is 36.8 Å². The first-order valence-electron chi connectivity index (χ1n) is 9.94. The van der Waals surface area contributed by atoms with E-state index in [1.165, 1.54) is 11.5 Å². The number of amides is 2. The van der Waals surface area contributed by atoms with Crippen LogP contribution in [0.2, 0.25) is 0 Å². The van der Waals surface area contributed by atoms with E-state index in [1.54, 1.807) is 34.9 Å². The molecule has 6 rings (SSSR count). The largest absolute Gasteiger partial charge is 0.290 e. The molecule has 3 aromatic rings. The number of anilines is 1. The number of rotatable bonds is 0. The zero-order valence-corrected chi connectivity index (χ0v) is 16.4. The lowest BCUT2D eigenvalue weighted by molar-refractivity contribution is -0.133. The molecule has 3 aliphatic rings. The van der Waals surface area contributed by atoms with Crippen LogP contribution >= 0.6 is 0 Å². The van der Waals surface area contributed by atoms with Crippen LogP contribution < -0.4 is 10.5 Å². The van der Waals surface area contributed by atoms with Gasteiger partial charge in [0.2, 0.25) is 5.91 Å². The van der Waals surface area contributed by atoms with Crippen molar-refractivity contribution in [3.63, 3.8) is 0 Å². The van der Waals surface area contributed by atoms with E-state index in [2.05, 4.69) is 0 Å². The van der Waals surface area contributed by atoms with Crippen LogP contribution in [0, 0.1) is 0 Å². The molecule has 0 N–H and O–H groups in total. The lowest BCUT2D eigenvalue weighted by Crippen LogP contribution is -2.54. The number of carbonyl (C=O) groups is 2. The second kappa shape index (κ2) is 5.66. The van der Waals surface area contributed by atoms with Gasteiger partial charge < -0.3 is 0 Å². The number of nitrogens with zero attached hydrogens (tertiary/aromatic N) is 4. The van der Waals surface area contributed by atoms with Crippen LogP contribution in [-0.4, -0.2) is 32.4 Å². The van der Waals surface area contributed by atoms with E-state index >= 15 is 0 Å². The molecule has 2 amide bonds. The summed E-state index contributed by atoms with van der Waals surface area (Å²) in [6, 6.07) is 14.2. The van der Waals surface area contributed by atoms with Crippen molar-refractivity contribution in [2.75, 3.05) is 4.90 Å². The summed E-state index contributed by atoms with van der Waals surface area (Å²) in [5.74, 6) is -0.0219. The maximum absolute atomic E-state index is 13.5. The average Bonchev–Trinajstić information content (AvgIpc) is 3.27. The Hall–Kier alpha value is -3.74. The van der Waals surface area contributed by atoms with Crippen molar-refractivity contribution in [2.24, 2.45) is 0 Å². The Morgan fingerprint density at radius 2 is 1.77 bits per heavy atom. The maximum Gasteiger partial charge on any atom is 0.262 e. The van der Waals surface area contributed by atoms with Crippen molar-refractivity contribution in [3.05, 3.63) is 76.3 Å². The Morgan fingerprint density at radius 3 is 2.57 bits per heavy atom. The molecular weight excluding hydrogens is 380 g/mol. The van der Waals surface area contributed by atoms with Crippen molar-refractivity contribution in [1.82, 2.24) is 14.5 Å². The van der Waals surface area contributed by atoms with E-state index in [-0.39, 0.29) is 23.3 Å². The van der Waals surface area contributed by atoms with Crippen molar-refractivity contribution in [2.45, 2.75) is 32.0 Å². The van der Waals surface area contributed by atoms with Crippen LogP contribution in [0.15, 0.2) is 59.4 Å². The highest BCUT2D eigenvalue weighted by molar-refractivity contribution is 6.01. The average molecular weight is 398 g/mol. The molecule has 1 aromatic heterocycles. The highest BCUT2D eigenvalue weighted by atomic mass is 16.2. The molecule has 3 atom stereocenters. The molecule has 4 heterocycles. The lowest BCUT2D eigenvalue weighted by Gasteiger charge is -2.39. The summed E-state index contributed by atoms with van der Waals surface area (Å²) in [6.07, 6.45) is 1.51. The van der Waals surface area contributed by atoms with Crippen molar-refractivity contribution < 1.29 is 9.59 Å². The van der Waals surface area contributed by atoms with Crippen LogP contribution in [0.3, 0.4) is 0 Å². The van der Waals surface area contributed by atoms with Gasteiger partial charge in [0.25, 0.3) is 11.5 Å². The van der Waals surface area contributed by atoms with Crippen LogP contribution in [0.25, 0.3) is 16.6 Å². The molecule has 148 valence electrons. The Bertz CT molecular complexity index is 1370. The minimum atomic E-state index is -0.710. The van der Waals surface area contributed by atoms with E-state index < -0.39 is 12.2 Å². The summed E-state index contributed by atoms with van der Waals surface area (Å²) in [7, 11) is 0. The zero-order valence-electron chi connectivity index (χ0n) is 16.4. The van der Waals surface area contributed by atoms with E-state index in [4.69, 9.17) is 4.98 Å². The van der Waals surface area contributed by atoms with Crippen LogP contribution in [-0.2, 0) is 9.59 Å². The number of fused-ring (bicyclic) bond motifs is 8. The standard InChI is InChI=1S/C23H18N4O3/c1-12-22(29)27-19(20-24-17-9-5-3-8-15(17)23(30)25(12)20)11-16-14-7-4-6-10-18(14)26(13(2)28)21(16)27/h3-12,16,21H,1-2H3/t12-,16+,21+/m1/s1. The molecule has 0 saturated heterocycles. The number of para-hydroxylation sites is 2.